The molecule has 0 saturated heterocycles. The van der Waals surface area contributed by atoms with Crippen molar-refractivity contribution in [2.75, 3.05) is 0 Å². The Balaban J connectivity index is 0.000000902. The van der Waals surface area contributed by atoms with Crippen LogP contribution in [0.5, 0.6) is 0 Å². The maximum absolute atomic E-state index is 2.47. The zero-order chi connectivity index (χ0) is 11.8. The molecule has 0 aliphatic heterocycles. The van der Waals surface area contributed by atoms with Crippen LogP contribution in [0.4, 0.5) is 0 Å². The summed E-state index contributed by atoms with van der Waals surface area (Å²) in [5, 5.41) is 0. The van der Waals surface area contributed by atoms with E-state index in [-0.39, 0.29) is 24.8 Å². The van der Waals surface area contributed by atoms with Crippen molar-refractivity contribution in [1.82, 2.24) is 0 Å². The van der Waals surface area contributed by atoms with Gasteiger partial charge in [-0.1, -0.05) is 0 Å². The number of aryl methyl sites for hydroxylation is 1. The summed E-state index contributed by atoms with van der Waals surface area (Å²) in [5.41, 5.74) is 4.51. The van der Waals surface area contributed by atoms with Gasteiger partial charge in [-0.15, -0.1) is 0 Å². The van der Waals surface area contributed by atoms with E-state index in [9.17, 15) is 0 Å². The monoisotopic (exact) mass is 368 g/mol. The zero-order valence-electron chi connectivity index (χ0n) is 11.0. The first-order valence-corrected chi connectivity index (χ1v) is 8.83. The van der Waals surface area contributed by atoms with Gasteiger partial charge >= 0.3 is 115 Å². The van der Waals surface area contributed by atoms with E-state index in [0.29, 0.717) is 5.92 Å². The quantitative estimate of drug-likeness (QED) is 0.592. The van der Waals surface area contributed by atoms with Gasteiger partial charge in [0.05, 0.1) is 0 Å². The number of allylic oxidation sites excluding steroid dienone is 5. The Morgan fingerprint density at radius 2 is 1.74 bits per heavy atom. The molecule has 19 heavy (non-hydrogen) atoms. The smallest absolute Gasteiger partial charge is 1.00 e. The maximum atomic E-state index is 2.47. The molecule has 0 bridgehead atoms. The Kier molecular flexibility index (Phi) is 6.31. The second-order valence-corrected chi connectivity index (χ2v) is 8.61. The van der Waals surface area contributed by atoms with Crippen LogP contribution in [-0.4, -0.2) is 0 Å². The van der Waals surface area contributed by atoms with Gasteiger partial charge in [0.15, 0.2) is 0 Å². The van der Waals surface area contributed by atoms with Crippen molar-refractivity contribution in [3.63, 3.8) is 0 Å². The first-order valence-electron chi connectivity index (χ1n) is 6.18. The van der Waals surface area contributed by atoms with E-state index < -0.39 is 23.2 Å². The van der Waals surface area contributed by atoms with Gasteiger partial charge in [-0.2, -0.15) is 0 Å². The van der Waals surface area contributed by atoms with Crippen LogP contribution in [0.15, 0.2) is 45.8 Å². The summed E-state index contributed by atoms with van der Waals surface area (Å²) in [6, 6.07) is 6.69. The molecule has 0 heterocycles. The molecule has 1 atom stereocenters. The van der Waals surface area contributed by atoms with Crippen molar-refractivity contribution in [2.45, 2.75) is 23.4 Å². The minimum Gasteiger partial charge on any atom is -1.00 e. The predicted octanol–water partition coefficient (Wildman–Crippen LogP) is -1.54. The normalized spacial score (nSPS) is 19.3. The van der Waals surface area contributed by atoms with Gasteiger partial charge in [-0.25, -0.2) is 0 Å². The van der Waals surface area contributed by atoms with E-state index in [1.807, 2.05) is 0 Å². The Morgan fingerprint density at radius 1 is 1.05 bits per heavy atom. The maximum Gasteiger partial charge on any atom is -1.00 e. The molecule has 0 saturated carbocycles. The van der Waals surface area contributed by atoms with Crippen LogP contribution in [0.3, 0.4) is 0 Å². The van der Waals surface area contributed by atoms with Crippen molar-refractivity contribution in [3.05, 3.63) is 62.5 Å². The first-order chi connectivity index (χ1) is 8.25. The minimum atomic E-state index is -0.477. The molecular formula is C16H16Cl2Zr. The molecule has 0 spiro atoms. The average molecular weight is 370 g/mol. The molecule has 1 aromatic rings. The van der Waals surface area contributed by atoms with Crippen LogP contribution in [0.25, 0.3) is 6.08 Å². The summed E-state index contributed by atoms with van der Waals surface area (Å²) in [6.45, 7) is 4.63. The fourth-order valence-corrected chi connectivity index (χ4v) is 6.28. The van der Waals surface area contributed by atoms with Gasteiger partial charge in [0.25, 0.3) is 0 Å². The number of halogens is 2. The number of rotatable bonds is 2. The summed E-state index contributed by atoms with van der Waals surface area (Å²) < 4.78 is 2.53. The fraction of sp³-hybridized carbons (Fsp3) is 0.250. The second-order valence-electron chi connectivity index (χ2n) is 4.84. The number of hydrogen-bond donors (Lipinski definition) is 0. The fourth-order valence-electron chi connectivity index (χ4n) is 2.76. The van der Waals surface area contributed by atoms with Crippen LogP contribution in [0.2, 0.25) is 3.63 Å². The van der Waals surface area contributed by atoms with Crippen molar-refractivity contribution < 1.29 is 48.0 Å². The second kappa shape index (κ2) is 7.07. The van der Waals surface area contributed by atoms with Crippen LogP contribution < -0.4 is 24.8 Å². The van der Waals surface area contributed by atoms with Crippen molar-refractivity contribution >= 4 is 6.08 Å². The molecule has 0 nitrogen and oxygen atoms in total. The molecular weight excluding hydrogens is 354 g/mol. The van der Waals surface area contributed by atoms with Crippen molar-refractivity contribution in [1.29, 1.82) is 0 Å². The SMILES string of the molecule is Cc1cccc2c1C(C)[C]([Zr+2][CH]1C=CC=C1)=C2.[Cl-].[Cl-]. The Morgan fingerprint density at radius 3 is 2.37 bits per heavy atom. The van der Waals surface area contributed by atoms with Gasteiger partial charge in [-0.05, 0) is 0 Å². The van der Waals surface area contributed by atoms with Gasteiger partial charge < -0.3 is 24.8 Å². The third-order valence-electron chi connectivity index (χ3n) is 3.65. The molecule has 3 rings (SSSR count). The summed E-state index contributed by atoms with van der Waals surface area (Å²) >= 11 is -0.477. The summed E-state index contributed by atoms with van der Waals surface area (Å²) in [4.78, 5) is 0. The molecule has 1 aromatic carbocycles. The number of benzene rings is 1. The summed E-state index contributed by atoms with van der Waals surface area (Å²) in [6.07, 6.45) is 11.6. The average Bonchev–Trinajstić information content (AvgIpc) is 2.90. The zero-order valence-corrected chi connectivity index (χ0v) is 15.0. The molecule has 2 aliphatic carbocycles. The third-order valence-corrected chi connectivity index (χ3v) is 7.65. The van der Waals surface area contributed by atoms with Crippen LogP contribution in [0.1, 0.15) is 29.5 Å². The standard InChI is InChI=1S/C11H11.C5H5.2ClH.Zr/c1-8-4-3-5-10-7-6-9(2)11(8)10;1-2-4-5-3-1;;;/h3-5,7,9H,1-2H3;1-5H;2*1H;/q;;;;+2/p-2. The van der Waals surface area contributed by atoms with E-state index in [4.69, 9.17) is 0 Å². The molecule has 0 fully saturated rings. The van der Waals surface area contributed by atoms with Gasteiger partial charge in [0.2, 0.25) is 0 Å². The van der Waals surface area contributed by atoms with E-state index >= 15 is 0 Å². The van der Waals surface area contributed by atoms with Crippen LogP contribution in [-0.2, 0) is 23.2 Å². The number of hydrogen-bond acceptors (Lipinski definition) is 0. The third kappa shape index (κ3) is 3.32. The van der Waals surface area contributed by atoms with Crippen LogP contribution in [0, 0.1) is 6.92 Å². The van der Waals surface area contributed by atoms with E-state index in [1.165, 1.54) is 11.1 Å². The van der Waals surface area contributed by atoms with Gasteiger partial charge in [0.1, 0.15) is 0 Å². The topological polar surface area (TPSA) is 0 Å². The Hall–Kier alpha value is -0.0969. The Labute approximate surface area is 139 Å². The molecule has 0 amide bonds. The molecule has 2 aliphatic rings. The van der Waals surface area contributed by atoms with E-state index in [0.717, 1.165) is 3.63 Å². The molecule has 0 radical (unpaired) electrons. The van der Waals surface area contributed by atoms with E-state index in [1.54, 1.807) is 8.84 Å². The summed E-state index contributed by atoms with van der Waals surface area (Å²) in [7, 11) is 0. The molecule has 0 aromatic heterocycles. The van der Waals surface area contributed by atoms with Crippen molar-refractivity contribution in [2.24, 2.45) is 0 Å². The largest absolute Gasteiger partial charge is 1.00 e. The molecule has 0 N–H and O–H groups in total. The number of fused-ring (bicyclic) bond motifs is 1. The molecule has 3 heteroatoms. The van der Waals surface area contributed by atoms with Crippen molar-refractivity contribution in [3.8, 4) is 0 Å². The van der Waals surface area contributed by atoms with Crippen LogP contribution >= 0.6 is 0 Å². The van der Waals surface area contributed by atoms with E-state index in [2.05, 4.69) is 62.4 Å². The molecule has 98 valence electrons. The summed E-state index contributed by atoms with van der Waals surface area (Å²) in [5.74, 6) is 0.667. The first kappa shape index (κ1) is 17.0. The Bertz CT molecular complexity index is 532. The van der Waals surface area contributed by atoms with Gasteiger partial charge in [0, 0.05) is 0 Å². The van der Waals surface area contributed by atoms with Gasteiger partial charge in [-0.3, -0.25) is 0 Å². The predicted molar refractivity (Wildman–Crippen MR) is 69.6 cm³/mol. The molecule has 1 unspecified atom stereocenters. The minimum absolute atomic E-state index is 0.